The van der Waals surface area contributed by atoms with Crippen LogP contribution in [-0.4, -0.2) is 55.6 Å². The fourth-order valence-electron chi connectivity index (χ4n) is 2.92. The van der Waals surface area contributed by atoms with E-state index in [1.165, 1.54) is 14.2 Å². The number of benzene rings is 2. The van der Waals surface area contributed by atoms with Crippen LogP contribution in [0.15, 0.2) is 48.5 Å². The Bertz CT molecular complexity index is 798. The summed E-state index contributed by atoms with van der Waals surface area (Å²) in [6, 6.07) is 13.4. The molecule has 0 aliphatic heterocycles. The Morgan fingerprint density at radius 3 is 1.61 bits per heavy atom. The number of carbonyl (C=O) groups is 1. The van der Waals surface area contributed by atoms with Gasteiger partial charge in [0.05, 0.1) is 12.2 Å². The smallest absolute Gasteiger partial charge is 0.260 e. The molecule has 0 aliphatic carbocycles. The molecule has 170 valence electrons. The van der Waals surface area contributed by atoms with Crippen LogP contribution < -0.4 is 9.47 Å². The van der Waals surface area contributed by atoms with E-state index in [-0.39, 0.29) is 19.0 Å². The Morgan fingerprint density at radius 1 is 0.806 bits per heavy atom. The summed E-state index contributed by atoms with van der Waals surface area (Å²) in [6.45, 7) is 4.13. The van der Waals surface area contributed by atoms with Crippen LogP contribution in [-0.2, 0) is 15.3 Å². The summed E-state index contributed by atoms with van der Waals surface area (Å²) in [4.78, 5) is 13.3. The number of aliphatic hydroxyl groups is 2. The van der Waals surface area contributed by atoms with Crippen molar-refractivity contribution in [1.29, 1.82) is 0 Å². The molecule has 2 rings (SSSR count). The normalized spacial score (nSPS) is 13.5. The zero-order valence-corrected chi connectivity index (χ0v) is 18.5. The number of rotatable bonds is 13. The Balaban J connectivity index is 2.18. The van der Waals surface area contributed by atoms with Crippen LogP contribution in [0, 0.1) is 0 Å². The Morgan fingerprint density at radius 2 is 1.23 bits per heavy atom. The fourth-order valence-corrected chi connectivity index (χ4v) is 2.92. The Hall–Kier alpha value is -2.45. The number of hydrogen-bond donors (Lipinski definition) is 2. The molecule has 0 aliphatic rings. The van der Waals surface area contributed by atoms with E-state index < -0.39 is 18.0 Å². The molecule has 0 amide bonds. The molecular weight excluding hydrogens is 400 g/mol. The van der Waals surface area contributed by atoms with Gasteiger partial charge in [-0.15, -0.1) is 0 Å². The van der Waals surface area contributed by atoms with Crippen molar-refractivity contribution in [3.8, 4) is 11.5 Å². The van der Waals surface area contributed by atoms with Crippen LogP contribution in [0.2, 0.25) is 0 Å². The van der Waals surface area contributed by atoms with E-state index in [2.05, 4.69) is 0 Å². The number of hydrogen-bond acceptors (Lipinski definition) is 7. The largest absolute Gasteiger partial charge is 0.491 e. The quantitative estimate of drug-likeness (QED) is 0.370. The van der Waals surface area contributed by atoms with Crippen LogP contribution in [0.5, 0.6) is 11.5 Å². The average Bonchev–Trinajstić information content (AvgIpc) is 2.82. The van der Waals surface area contributed by atoms with Gasteiger partial charge < -0.3 is 29.2 Å². The van der Waals surface area contributed by atoms with E-state index in [0.717, 1.165) is 0 Å². The topological polar surface area (TPSA) is 94.5 Å². The second kappa shape index (κ2) is 11.8. The van der Waals surface area contributed by atoms with Crippen molar-refractivity contribution in [2.24, 2.45) is 0 Å². The van der Waals surface area contributed by atoms with Crippen molar-refractivity contribution in [2.75, 3.05) is 27.4 Å². The molecule has 0 bridgehead atoms. The lowest BCUT2D eigenvalue weighted by molar-refractivity contribution is -0.176. The molecule has 2 unspecified atom stereocenters. The lowest BCUT2D eigenvalue weighted by Crippen LogP contribution is -2.40. The van der Waals surface area contributed by atoms with Crippen LogP contribution >= 0.6 is 0 Å². The number of Topliss-reactive ketones (excluding diaryl/α,β-unsaturated/α-hetero) is 1. The average molecular weight is 433 g/mol. The molecule has 0 spiro atoms. The molecular formula is C24H32O7. The molecule has 7 heteroatoms. The lowest BCUT2D eigenvalue weighted by atomic mass is 9.95. The zero-order valence-electron chi connectivity index (χ0n) is 18.5. The number of ketones is 1. The van der Waals surface area contributed by atoms with Crippen LogP contribution in [0.1, 0.15) is 42.6 Å². The Kier molecular flexibility index (Phi) is 9.45. The maximum absolute atomic E-state index is 13.3. The van der Waals surface area contributed by atoms with Gasteiger partial charge in [-0.05, 0) is 61.4 Å². The Labute approximate surface area is 183 Å². The maximum atomic E-state index is 13.3. The van der Waals surface area contributed by atoms with E-state index in [4.69, 9.17) is 18.9 Å². The van der Waals surface area contributed by atoms with Gasteiger partial charge in [0, 0.05) is 25.3 Å². The standard InChI is InChI=1S/C24H32O7/c1-5-19(25)15-30-21-11-7-17(8-12-21)23(27)24(28-3,29-4)18-9-13-22(14-10-18)31-16-20(26)6-2/h7-14,19-20,25-26H,5-6,15-16H2,1-4H3. The molecule has 2 aromatic rings. The zero-order chi connectivity index (χ0) is 22.9. The van der Waals surface area contributed by atoms with Crippen molar-refractivity contribution >= 4 is 5.78 Å². The van der Waals surface area contributed by atoms with E-state index in [0.29, 0.717) is 35.5 Å². The minimum absolute atomic E-state index is 0.188. The fraction of sp³-hybridized carbons (Fsp3) is 0.458. The molecule has 0 fully saturated rings. The minimum atomic E-state index is -1.62. The third-order valence-corrected chi connectivity index (χ3v) is 5.05. The monoisotopic (exact) mass is 432 g/mol. The van der Waals surface area contributed by atoms with Gasteiger partial charge in [-0.2, -0.15) is 0 Å². The molecule has 0 radical (unpaired) electrons. The first-order valence-corrected chi connectivity index (χ1v) is 10.4. The summed E-state index contributed by atoms with van der Waals surface area (Å²) < 4.78 is 22.2. The first-order chi connectivity index (χ1) is 14.9. The summed E-state index contributed by atoms with van der Waals surface area (Å²) in [7, 11) is 2.82. The predicted molar refractivity (Wildman–Crippen MR) is 116 cm³/mol. The molecule has 0 saturated carbocycles. The molecule has 0 aromatic heterocycles. The van der Waals surface area contributed by atoms with Gasteiger partial charge in [-0.1, -0.05) is 13.8 Å². The van der Waals surface area contributed by atoms with Crippen molar-refractivity contribution in [2.45, 2.75) is 44.7 Å². The van der Waals surface area contributed by atoms with Gasteiger partial charge in [0.1, 0.15) is 24.7 Å². The second-order valence-corrected chi connectivity index (χ2v) is 7.15. The highest BCUT2D eigenvalue weighted by Gasteiger charge is 2.41. The molecule has 31 heavy (non-hydrogen) atoms. The lowest BCUT2D eigenvalue weighted by Gasteiger charge is -2.30. The first kappa shape index (κ1) is 24.8. The predicted octanol–water partition coefficient (Wildman–Crippen LogP) is 3.31. The highest BCUT2D eigenvalue weighted by Crippen LogP contribution is 2.32. The third kappa shape index (κ3) is 6.27. The van der Waals surface area contributed by atoms with Gasteiger partial charge >= 0.3 is 0 Å². The SMILES string of the molecule is CCC(O)COc1ccc(C(=O)C(OC)(OC)c2ccc(OCC(O)CC)cc2)cc1. The molecule has 2 aromatic carbocycles. The van der Waals surface area contributed by atoms with Crippen molar-refractivity contribution < 1.29 is 34.0 Å². The highest BCUT2D eigenvalue weighted by molar-refractivity contribution is 6.02. The van der Waals surface area contributed by atoms with Gasteiger partial charge in [0.15, 0.2) is 0 Å². The number of ether oxygens (including phenoxy) is 4. The van der Waals surface area contributed by atoms with Crippen molar-refractivity contribution in [3.05, 3.63) is 59.7 Å². The summed E-state index contributed by atoms with van der Waals surface area (Å²) >= 11 is 0. The van der Waals surface area contributed by atoms with E-state index in [1.807, 2.05) is 13.8 Å². The molecule has 2 atom stereocenters. The summed E-state index contributed by atoms with van der Waals surface area (Å²) in [5.41, 5.74) is 0.899. The van der Waals surface area contributed by atoms with Gasteiger partial charge in [-0.3, -0.25) is 4.79 Å². The highest BCUT2D eigenvalue weighted by atomic mass is 16.7. The maximum Gasteiger partial charge on any atom is 0.260 e. The molecule has 0 saturated heterocycles. The minimum Gasteiger partial charge on any atom is -0.491 e. The van der Waals surface area contributed by atoms with Crippen molar-refractivity contribution in [3.63, 3.8) is 0 Å². The number of carbonyl (C=O) groups excluding carboxylic acids is 1. The van der Waals surface area contributed by atoms with Gasteiger partial charge in [0.25, 0.3) is 5.79 Å². The molecule has 7 nitrogen and oxygen atoms in total. The first-order valence-electron chi connectivity index (χ1n) is 10.4. The van der Waals surface area contributed by atoms with E-state index in [1.54, 1.807) is 48.5 Å². The molecule has 0 heterocycles. The van der Waals surface area contributed by atoms with Gasteiger partial charge in [-0.25, -0.2) is 0 Å². The number of aliphatic hydroxyl groups excluding tert-OH is 2. The van der Waals surface area contributed by atoms with Crippen LogP contribution in [0.25, 0.3) is 0 Å². The van der Waals surface area contributed by atoms with E-state index >= 15 is 0 Å². The number of methoxy groups -OCH3 is 2. The molecule has 2 N–H and O–H groups in total. The van der Waals surface area contributed by atoms with Crippen LogP contribution in [0.3, 0.4) is 0 Å². The second-order valence-electron chi connectivity index (χ2n) is 7.15. The summed E-state index contributed by atoms with van der Waals surface area (Å²) in [6.07, 6.45) is 0.138. The van der Waals surface area contributed by atoms with E-state index in [9.17, 15) is 15.0 Å². The third-order valence-electron chi connectivity index (χ3n) is 5.05. The van der Waals surface area contributed by atoms with Crippen LogP contribution in [0.4, 0.5) is 0 Å². The summed E-state index contributed by atoms with van der Waals surface area (Å²) in [5.74, 6) is -0.865. The van der Waals surface area contributed by atoms with Gasteiger partial charge in [0.2, 0.25) is 5.78 Å². The van der Waals surface area contributed by atoms with Crippen molar-refractivity contribution in [1.82, 2.24) is 0 Å². The summed E-state index contributed by atoms with van der Waals surface area (Å²) in [5, 5.41) is 19.3.